The van der Waals surface area contributed by atoms with Crippen LogP contribution in [0.2, 0.25) is 5.02 Å². The molecule has 1 aromatic carbocycles. The summed E-state index contributed by atoms with van der Waals surface area (Å²) in [7, 11) is 1.60. The molecule has 2 rings (SSSR count). The molecule has 2 aromatic rings. The van der Waals surface area contributed by atoms with Gasteiger partial charge in [-0.15, -0.1) is 0 Å². The third-order valence-electron chi connectivity index (χ3n) is 2.61. The number of hydrogen-bond acceptors (Lipinski definition) is 4. The van der Waals surface area contributed by atoms with Crippen LogP contribution in [-0.4, -0.2) is 13.7 Å². The predicted molar refractivity (Wildman–Crippen MR) is 66.4 cm³/mol. The molecule has 4 nitrogen and oxygen atoms in total. The predicted octanol–water partition coefficient (Wildman–Crippen LogP) is 2.84. The van der Waals surface area contributed by atoms with Gasteiger partial charge >= 0.3 is 0 Å². The molecule has 0 amide bonds. The Morgan fingerprint density at radius 2 is 2.18 bits per heavy atom. The van der Waals surface area contributed by atoms with E-state index in [1.54, 1.807) is 7.11 Å². The van der Waals surface area contributed by atoms with Crippen LogP contribution < -0.4 is 10.6 Å². The first kappa shape index (κ1) is 12.2. The van der Waals surface area contributed by atoms with Crippen LogP contribution >= 0.6 is 11.6 Å². The number of methoxy groups -OCH3 is 1. The van der Waals surface area contributed by atoms with Crippen molar-refractivity contribution >= 4 is 22.6 Å². The van der Waals surface area contributed by atoms with E-state index in [0.717, 1.165) is 16.7 Å². The summed E-state index contributed by atoms with van der Waals surface area (Å²) >= 11 is 6.31. The van der Waals surface area contributed by atoms with Crippen molar-refractivity contribution in [1.82, 2.24) is 0 Å². The average Bonchev–Trinajstić information content (AvgIpc) is 2.71. The fraction of sp³-hybridized carbons (Fsp3) is 0.333. The quantitative estimate of drug-likeness (QED) is 0.854. The van der Waals surface area contributed by atoms with Gasteiger partial charge < -0.3 is 14.0 Å². The van der Waals surface area contributed by atoms with E-state index in [1.165, 1.54) is 0 Å². The second-order valence-electron chi connectivity index (χ2n) is 3.77. The number of aryl methyl sites for hydroxylation is 1. The molecule has 17 heavy (non-hydrogen) atoms. The Bertz CT molecular complexity index is 536. The van der Waals surface area contributed by atoms with E-state index < -0.39 is 0 Å². The van der Waals surface area contributed by atoms with Gasteiger partial charge in [-0.25, -0.2) is 5.90 Å². The number of benzene rings is 1. The summed E-state index contributed by atoms with van der Waals surface area (Å²) in [4.78, 5) is 4.57. The first-order valence-electron chi connectivity index (χ1n) is 5.24. The minimum Gasteiger partial charge on any atom is -0.493 e. The molecule has 0 atom stereocenters. The highest BCUT2D eigenvalue weighted by molar-refractivity contribution is 6.36. The topological polar surface area (TPSA) is 57.6 Å². The van der Waals surface area contributed by atoms with E-state index in [0.29, 0.717) is 29.4 Å². The van der Waals surface area contributed by atoms with E-state index in [4.69, 9.17) is 26.7 Å². The third kappa shape index (κ3) is 2.24. The first-order chi connectivity index (χ1) is 8.17. The van der Waals surface area contributed by atoms with Gasteiger partial charge in [0.1, 0.15) is 5.76 Å². The van der Waals surface area contributed by atoms with Gasteiger partial charge in [-0.1, -0.05) is 11.6 Å². The van der Waals surface area contributed by atoms with Crippen LogP contribution in [0.5, 0.6) is 5.75 Å². The number of ether oxygens (including phenoxy) is 1. The molecule has 0 saturated heterocycles. The Morgan fingerprint density at radius 3 is 2.82 bits per heavy atom. The van der Waals surface area contributed by atoms with Crippen molar-refractivity contribution < 1.29 is 14.0 Å². The summed E-state index contributed by atoms with van der Waals surface area (Å²) < 4.78 is 10.9. The smallest absolute Gasteiger partial charge is 0.177 e. The van der Waals surface area contributed by atoms with Crippen LogP contribution in [0.1, 0.15) is 11.3 Å². The summed E-state index contributed by atoms with van der Waals surface area (Å²) in [6.07, 6.45) is 0.631. The lowest BCUT2D eigenvalue weighted by Gasteiger charge is -2.08. The van der Waals surface area contributed by atoms with Gasteiger partial charge in [0.05, 0.1) is 18.7 Å². The zero-order valence-electron chi connectivity index (χ0n) is 9.75. The van der Waals surface area contributed by atoms with Crippen molar-refractivity contribution in [2.45, 2.75) is 13.3 Å². The third-order valence-corrected chi connectivity index (χ3v) is 3.06. The van der Waals surface area contributed by atoms with E-state index in [-0.39, 0.29) is 0 Å². The highest BCUT2D eigenvalue weighted by Crippen LogP contribution is 2.36. The van der Waals surface area contributed by atoms with E-state index >= 15 is 0 Å². The molecule has 0 aliphatic heterocycles. The van der Waals surface area contributed by atoms with Gasteiger partial charge in [0.15, 0.2) is 11.3 Å². The Kier molecular flexibility index (Phi) is 3.57. The fourth-order valence-corrected chi connectivity index (χ4v) is 2.11. The van der Waals surface area contributed by atoms with Crippen molar-refractivity contribution in [1.29, 1.82) is 0 Å². The van der Waals surface area contributed by atoms with Crippen molar-refractivity contribution in [2.24, 2.45) is 5.90 Å². The standard InChI is InChI=1S/C12H14ClNO3/c1-7-5-9-11(13)8(3-4-16-14)6-10(15-2)12(9)17-7/h5-6H,3-4,14H2,1-2H3. The molecule has 92 valence electrons. The Hall–Kier alpha value is -1.23. The molecule has 0 unspecified atom stereocenters. The summed E-state index contributed by atoms with van der Waals surface area (Å²) in [5, 5.41) is 1.52. The van der Waals surface area contributed by atoms with Crippen LogP contribution in [0, 0.1) is 6.92 Å². The molecule has 0 spiro atoms. The lowest BCUT2D eigenvalue weighted by molar-refractivity contribution is 0.141. The van der Waals surface area contributed by atoms with Crippen LogP contribution in [0.25, 0.3) is 11.0 Å². The van der Waals surface area contributed by atoms with Crippen molar-refractivity contribution in [3.63, 3.8) is 0 Å². The fourth-order valence-electron chi connectivity index (χ4n) is 1.82. The van der Waals surface area contributed by atoms with Crippen LogP contribution in [0.4, 0.5) is 0 Å². The SMILES string of the molecule is COc1cc(CCON)c(Cl)c2cc(C)oc12. The Labute approximate surface area is 104 Å². The molecule has 2 N–H and O–H groups in total. The highest BCUT2D eigenvalue weighted by atomic mass is 35.5. The molecule has 0 bridgehead atoms. The summed E-state index contributed by atoms with van der Waals surface area (Å²) in [6.45, 7) is 2.28. The maximum atomic E-state index is 6.31. The minimum absolute atomic E-state index is 0.408. The minimum atomic E-state index is 0.408. The van der Waals surface area contributed by atoms with Gasteiger partial charge in [0, 0.05) is 5.39 Å². The lowest BCUT2D eigenvalue weighted by Crippen LogP contribution is -2.04. The molecule has 0 aliphatic carbocycles. The normalized spacial score (nSPS) is 11.1. The number of hydrogen-bond donors (Lipinski definition) is 1. The molecule has 0 saturated carbocycles. The lowest BCUT2D eigenvalue weighted by atomic mass is 10.1. The second-order valence-corrected chi connectivity index (χ2v) is 4.15. The molecule has 5 heteroatoms. The number of halogens is 1. The van der Waals surface area contributed by atoms with Gasteiger partial charge in [-0.2, -0.15) is 0 Å². The van der Waals surface area contributed by atoms with Crippen molar-refractivity contribution in [3.8, 4) is 5.75 Å². The number of furan rings is 1. The molecule has 0 radical (unpaired) electrons. The monoisotopic (exact) mass is 255 g/mol. The Morgan fingerprint density at radius 1 is 1.41 bits per heavy atom. The summed E-state index contributed by atoms with van der Waals surface area (Å²) in [6, 6.07) is 3.75. The van der Waals surface area contributed by atoms with Crippen LogP contribution in [0.15, 0.2) is 16.5 Å². The zero-order valence-corrected chi connectivity index (χ0v) is 10.5. The summed E-state index contributed by atoms with van der Waals surface area (Å²) in [5.41, 5.74) is 1.61. The zero-order chi connectivity index (χ0) is 12.4. The summed E-state index contributed by atoms with van der Waals surface area (Å²) in [5.74, 6) is 6.49. The maximum Gasteiger partial charge on any atom is 0.177 e. The highest BCUT2D eigenvalue weighted by Gasteiger charge is 2.15. The van der Waals surface area contributed by atoms with Crippen molar-refractivity contribution in [3.05, 3.63) is 28.5 Å². The molecule has 1 heterocycles. The molecule has 1 aromatic heterocycles. The number of nitrogens with two attached hydrogens (primary N) is 1. The number of fused-ring (bicyclic) bond motifs is 1. The van der Waals surface area contributed by atoms with Gasteiger partial charge in [-0.05, 0) is 31.0 Å². The van der Waals surface area contributed by atoms with E-state index in [1.807, 2.05) is 19.1 Å². The second kappa shape index (κ2) is 4.96. The molecule has 0 fully saturated rings. The largest absolute Gasteiger partial charge is 0.493 e. The van der Waals surface area contributed by atoms with E-state index in [2.05, 4.69) is 4.84 Å². The molecule has 0 aliphatic rings. The Balaban J connectivity index is 2.58. The first-order valence-corrected chi connectivity index (χ1v) is 5.62. The van der Waals surface area contributed by atoms with Crippen LogP contribution in [0.3, 0.4) is 0 Å². The average molecular weight is 256 g/mol. The van der Waals surface area contributed by atoms with Gasteiger partial charge in [0.2, 0.25) is 0 Å². The van der Waals surface area contributed by atoms with E-state index in [9.17, 15) is 0 Å². The van der Waals surface area contributed by atoms with Crippen LogP contribution in [-0.2, 0) is 11.3 Å². The maximum absolute atomic E-state index is 6.31. The molecular weight excluding hydrogens is 242 g/mol. The molecular formula is C12H14ClNO3. The van der Waals surface area contributed by atoms with Gasteiger partial charge in [-0.3, -0.25) is 0 Å². The van der Waals surface area contributed by atoms with Crippen molar-refractivity contribution in [2.75, 3.05) is 13.7 Å². The number of rotatable bonds is 4. The van der Waals surface area contributed by atoms with Gasteiger partial charge in [0.25, 0.3) is 0 Å².